The third-order valence-electron chi connectivity index (χ3n) is 3.74. The quantitative estimate of drug-likeness (QED) is 0.869. The molecule has 0 radical (unpaired) electrons. The van der Waals surface area contributed by atoms with Crippen molar-refractivity contribution in [2.75, 3.05) is 26.2 Å². The van der Waals surface area contributed by atoms with Gasteiger partial charge in [0.1, 0.15) is 0 Å². The lowest BCUT2D eigenvalue weighted by Crippen LogP contribution is -2.37. The molecule has 0 aliphatic carbocycles. The first-order chi connectivity index (χ1) is 9.13. The first-order valence-corrected chi connectivity index (χ1v) is 8.35. The summed E-state index contributed by atoms with van der Waals surface area (Å²) in [6.07, 6.45) is 2.66. The number of aromatic nitrogens is 1. The van der Waals surface area contributed by atoms with E-state index in [4.69, 9.17) is 0 Å². The van der Waals surface area contributed by atoms with Crippen LogP contribution in [0.2, 0.25) is 0 Å². The van der Waals surface area contributed by atoms with Crippen LogP contribution in [-0.4, -0.2) is 36.1 Å². The maximum absolute atomic E-state index is 4.56. The summed E-state index contributed by atoms with van der Waals surface area (Å²) in [5, 5.41) is 6.98. The largest absolute Gasteiger partial charge is 0.316 e. The number of thiazole rings is 1. The number of nitrogens with zero attached hydrogens (tertiary/aromatic N) is 2. The van der Waals surface area contributed by atoms with E-state index in [0.29, 0.717) is 0 Å². The van der Waals surface area contributed by atoms with Crippen LogP contribution < -0.4 is 5.32 Å². The standard InChI is InChI=1S/C15H27N3S/c1-12(2)8-16-9-14-4-6-18(7-5-14)10-15-11-19-13(3)17-15/h11-12,14,16H,4-10H2,1-3H3. The van der Waals surface area contributed by atoms with Gasteiger partial charge >= 0.3 is 0 Å². The second kappa shape index (κ2) is 7.36. The van der Waals surface area contributed by atoms with E-state index in [9.17, 15) is 0 Å². The Hall–Kier alpha value is -0.450. The third-order valence-corrected chi connectivity index (χ3v) is 4.57. The fraction of sp³-hybridized carbons (Fsp3) is 0.800. The van der Waals surface area contributed by atoms with E-state index in [1.54, 1.807) is 11.3 Å². The molecule has 2 rings (SSSR count). The van der Waals surface area contributed by atoms with Gasteiger partial charge in [-0.05, 0) is 57.8 Å². The second-order valence-electron chi connectivity index (χ2n) is 6.13. The summed E-state index contributed by atoms with van der Waals surface area (Å²) in [5.74, 6) is 1.63. The molecule has 3 nitrogen and oxygen atoms in total. The highest BCUT2D eigenvalue weighted by Gasteiger charge is 2.19. The summed E-state index contributed by atoms with van der Waals surface area (Å²) in [5.41, 5.74) is 1.25. The summed E-state index contributed by atoms with van der Waals surface area (Å²) in [4.78, 5) is 7.11. The second-order valence-corrected chi connectivity index (χ2v) is 7.19. The predicted octanol–water partition coefficient (Wildman–Crippen LogP) is 2.91. The van der Waals surface area contributed by atoms with Crippen molar-refractivity contribution in [3.63, 3.8) is 0 Å². The molecule has 0 aromatic carbocycles. The SMILES string of the molecule is Cc1nc(CN2CCC(CNCC(C)C)CC2)cs1. The number of hydrogen-bond donors (Lipinski definition) is 1. The summed E-state index contributed by atoms with van der Waals surface area (Å²) < 4.78 is 0. The number of aryl methyl sites for hydroxylation is 1. The van der Waals surface area contributed by atoms with Crippen molar-refractivity contribution in [1.29, 1.82) is 0 Å². The molecule has 2 heterocycles. The Morgan fingerprint density at radius 3 is 2.74 bits per heavy atom. The average molecular weight is 281 g/mol. The van der Waals surface area contributed by atoms with E-state index >= 15 is 0 Å². The highest BCUT2D eigenvalue weighted by atomic mass is 32.1. The molecule has 1 fully saturated rings. The maximum atomic E-state index is 4.56. The molecule has 1 saturated heterocycles. The van der Waals surface area contributed by atoms with Gasteiger partial charge in [0.15, 0.2) is 0 Å². The molecule has 0 bridgehead atoms. The van der Waals surface area contributed by atoms with Crippen molar-refractivity contribution in [1.82, 2.24) is 15.2 Å². The van der Waals surface area contributed by atoms with Gasteiger partial charge in [0.2, 0.25) is 0 Å². The Balaban J connectivity index is 1.65. The lowest BCUT2D eigenvalue weighted by atomic mass is 9.96. The Morgan fingerprint density at radius 1 is 1.42 bits per heavy atom. The normalized spacial score (nSPS) is 18.3. The van der Waals surface area contributed by atoms with Crippen molar-refractivity contribution >= 4 is 11.3 Å². The zero-order valence-electron chi connectivity index (χ0n) is 12.5. The summed E-state index contributed by atoms with van der Waals surface area (Å²) in [6.45, 7) is 12.5. The van der Waals surface area contributed by atoms with Crippen LogP contribution in [0.3, 0.4) is 0 Å². The summed E-state index contributed by atoms with van der Waals surface area (Å²) in [7, 11) is 0. The van der Waals surface area contributed by atoms with Gasteiger partial charge in [-0.15, -0.1) is 11.3 Å². The van der Waals surface area contributed by atoms with E-state index in [2.05, 4.69) is 41.4 Å². The molecule has 108 valence electrons. The van der Waals surface area contributed by atoms with Crippen LogP contribution in [0.5, 0.6) is 0 Å². The smallest absolute Gasteiger partial charge is 0.0897 e. The molecule has 0 atom stereocenters. The van der Waals surface area contributed by atoms with Gasteiger partial charge in [0.05, 0.1) is 10.7 Å². The molecule has 0 amide bonds. The lowest BCUT2D eigenvalue weighted by molar-refractivity contribution is 0.173. The van der Waals surface area contributed by atoms with Crippen LogP contribution in [0.15, 0.2) is 5.38 Å². The minimum absolute atomic E-state index is 0.757. The van der Waals surface area contributed by atoms with Crippen molar-refractivity contribution in [3.05, 3.63) is 16.1 Å². The number of hydrogen-bond acceptors (Lipinski definition) is 4. The van der Waals surface area contributed by atoms with Crippen LogP contribution in [0.4, 0.5) is 0 Å². The molecular weight excluding hydrogens is 254 g/mol. The number of piperidine rings is 1. The molecule has 1 aliphatic rings. The Labute approximate surface area is 121 Å². The first-order valence-electron chi connectivity index (χ1n) is 7.47. The van der Waals surface area contributed by atoms with Crippen molar-refractivity contribution in [2.24, 2.45) is 11.8 Å². The van der Waals surface area contributed by atoms with Gasteiger partial charge in [-0.1, -0.05) is 13.8 Å². The van der Waals surface area contributed by atoms with Crippen LogP contribution >= 0.6 is 11.3 Å². The molecule has 1 aliphatic heterocycles. The number of likely N-dealkylation sites (tertiary alicyclic amines) is 1. The fourth-order valence-electron chi connectivity index (χ4n) is 2.63. The molecule has 1 N–H and O–H groups in total. The highest BCUT2D eigenvalue weighted by molar-refractivity contribution is 7.09. The van der Waals surface area contributed by atoms with Crippen molar-refractivity contribution in [3.8, 4) is 0 Å². The summed E-state index contributed by atoms with van der Waals surface area (Å²) >= 11 is 1.76. The van der Waals surface area contributed by atoms with Gasteiger partial charge in [0.25, 0.3) is 0 Å². The van der Waals surface area contributed by atoms with Crippen molar-refractivity contribution < 1.29 is 0 Å². The monoisotopic (exact) mass is 281 g/mol. The zero-order valence-corrected chi connectivity index (χ0v) is 13.3. The fourth-order valence-corrected chi connectivity index (χ4v) is 3.24. The van der Waals surface area contributed by atoms with Gasteiger partial charge in [0, 0.05) is 11.9 Å². The topological polar surface area (TPSA) is 28.2 Å². The van der Waals surface area contributed by atoms with Gasteiger partial charge in [-0.2, -0.15) is 0 Å². The molecule has 1 aromatic heterocycles. The average Bonchev–Trinajstić information content (AvgIpc) is 2.77. The molecule has 4 heteroatoms. The minimum Gasteiger partial charge on any atom is -0.316 e. The van der Waals surface area contributed by atoms with Crippen molar-refractivity contribution in [2.45, 2.75) is 40.2 Å². The zero-order chi connectivity index (χ0) is 13.7. The van der Waals surface area contributed by atoms with Gasteiger partial charge < -0.3 is 5.32 Å². The number of rotatable bonds is 6. The van der Waals surface area contributed by atoms with Gasteiger partial charge in [-0.25, -0.2) is 4.98 Å². The van der Waals surface area contributed by atoms with Crippen LogP contribution in [0.1, 0.15) is 37.4 Å². The Bertz CT molecular complexity index is 367. The van der Waals surface area contributed by atoms with E-state index in [-0.39, 0.29) is 0 Å². The minimum atomic E-state index is 0.757. The molecule has 0 unspecified atom stereocenters. The molecule has 19 heavy (non-hydrogen) atoms. The predicted molar refractivity (Wildman–Crippen MR) is 82.6 cm³/mol. The van der Waals surface area contributed by atoms with Crippen LogP contribution in [0, 0.1) is 18.8 Å². The van der Waals surface area contributed by atoms with Crippen LogP contribution in [-0.2, 0) is 6.54 Å². The number of nitrogens with one attached hydrogen (secondary N) is 1. The molecule has 0 saturated carbocycles. The highest BCUT2D eigenvalue weighted by Crippen LogP contribution is 2.19. The maximum Gasteiger partial charge on any atom is 0.0897 e. The molecule has 1 aromatic rings. The molecule has 0 spiro atoms. The third kappa shape index (κ3) is 5.21. The Morgan fingerprint density at radius 2 is 2.16 bits per heavy atom. The Kier molecular flexibility index (Phi) is 5.79. The lowest BCUT2D eigenvalue weighted by Gasteiger charge is -2.31. The summed E-state index contributed by atoms with van der Waals surface area (Å²) in [6, 6.07) is 0. The van der Waals surface area contributed by atoms with E-state index in [1.165, 1.54) is 43.2 Å². The van der Waals surface area contributed by atoms with Gasteiger partial charge in [-0.3, -0.25) is 4.90 Å². The van der Waals surface area contributed by atoms with E-state index in [1.807, 2.05) is 0 Å². The first kappa shape index (κ1) is 14.9. The van der Waals surface area contributed by atoms with E-state index < -0.39 is 0 Å². The van der Waals surface area contributed by atoms with E-state index in [0.717, 1.165) is 24.9 Å². The molecular formula is C15H27N3S. The van der Waals surface area contributed by atoms with Crippen LogP contribution in [0.25, 0.3) is 0 Å².